The average Bonchev–Trinajstić information content (AvgIpc) is 2.89. The first-order chi connectivity index (χ1) is 11.5. The molecular weight excluding hydrogens is 308 g/mol. The smallest absolute Gasteiger partial charge is 0.269 e. The van der Waals surface area contributed by atoms with Gasteiger partial charge in [0.05, 0.1) is 22.5 Å². The zero-order chi connectivity index (χ0) is 16.8. The van der Waals surface area contributed by atoms with E-state index >= 15 is 0 Å². The molecule has 0 spiro atoms. The van der Waals surface area contributed by atoms with Gasteiger partial charge in [-0.1, -0.05) is 0 Å². The lowest BCUT2D eigenvalue weighted by Crippen LogP contribution is -2.33. The number of nitro groups is 1. The number of benzene rings is 2. The van der Waals surface area contributed by atoms with Crippen LogP contribution in [0.3, 0.4) is 0 Å². The molecule has 0 radical (unpaired) electrons. The maximum atomic E-state index is 10.7. The highest BCUT2D eigenvalue weighted by atomic mass is 16.6. The van der Waals surface area contributed by atoms with Crippen molar-refractivity contribution in [3.8, 4) is 0 Å². The van der Waals surface area contributed by atoms with Crippen LogP contribution in [0.25, 0.3) is 5.70 Å². The third-order valence-electron chi connectivity index (χ3n) is 4.18. The summed E-state index contributed by atoms with van der Waals surface area (Å²) in [5.74, 6) is 6.02. The first-order valence-corrected chi connectivity index (χ1v) is 7.34. The van der Waals surface area contributed by atoms with Crippen molar-refractivity contribution in [2.24, 2.45) is 21.6 Å². The van der Waals surface area contributed by atoms with Gasteiger partial charge in [-0.25, -0.2) is 5.84 Å². The van der Waals surface area contributed by atoms with E-state index < -0.39 is 11.1 Å². The summed E-state index contributed by atoms with van der Waals surface area (Å²) >= 11 is 0. The molecule has 0 fully saturated rings. The summed E-state index contributed by atoms with van der Waals surface area (Å²) in [4.78, 5) is 19.4. The van der Waals surface area contributed by atoms with Crippen molar-refractivity contribution in [1.82, 2.24) is 0 Å². The molecule has 4 N–H and O–H groups in total. The molecule has 1 unspecified atom stereocenters. The molecule has 120 valence electrons. The van der Waals surface area contributed by atoms with Crippen LogP contribution < -0.4 is 27.2 Å². The third kappa shape index (κ3) is 2.12. The van der Waals surface area contributed by atoms with E-state index in [9.17, 15) is 10.1 Å². The molecule has 0 amide bonds. The zero-order valence-electron chi connectivity index (χ0n) is 12.6. The van der Waals surface area contributed by atoms with Crippen molar-refractivity contribution < 1.29 is 4.92 Å². The van der Waals surface area contributed by atoms with Gasteiger partial charge in [0.1, 0.15) is 0 Å². The topological polar surface area (TPSA) is 123 Å². The van der Waals surface area contributed by atoms with E-state index in [1.54, 1.807) is 23.4 Å². The number of fused-ring (bicyclic) bond motifs is 3. The molecule has 0 aromatic heterocycles. The van der Waals surface area contributed by atoms with Gasteiger partial charge in [-0.3, -0.25) is 20.1 Å². The number of anilines is 1. The Morgan fingerprint density at radius 2 is 1.96 bits per heavy atom. The summed E-state index contributed by atoms with van der Waals surface area (Å²) < 4.78 is 0. The van der Waals surface area contributed by atoms with Gasteiger partial charge in [0.25, 0.3) is 5.69 Å². The van der Waals surface area contributed by atoms with Gasteiger partial charge >= 0.3 is 0 Å². The van der Waals surface area contributed by atoms with Crippen molar-refractivity contribution in [2.75, 3.05) is 11.6 Å². The van der Waals surface area contributed by atoms with E-state index in [0.717, 1.165) is 33.1 Å². The fourth-order valence-electron chi connectivity index (χ4n) is 2.99. The molecule has 2 aliphatic heterocycles. The Morgan fingerprint density at radius 1 is 1.21 bits per heavy atom. The zero-order valence-corrected chi connectivity index (χ0v) is 12.6. The summed E-state index contributed by atoms with van der Waals surface area (Å²) in [5, 5.41) is 14.0. The summed E-state index contributed by atoms with van der Waals surface area (Å²) in [6.07, 6.45) is 1.32. The first-order valence-electron chi connectivity index (χ1n) is 7.34. The standard InChI is InChI=1S/C16H14N6O2/c17-13-8-21(18)15-11(13)5-6-14-12(15)7-19-16(20-14)9-1-3-10(4-2-9)22(23)24/h1-7,16H,8,17-18H2. The Balaban J connectivity index is 1.78. The number of nitro benzene ring substituents is 1. The minimum atomic E-state index is -0.430. The molecule has 2 aromatic carbocycles. The number of non-ortho nitro benzene ring substituents is 1. The van der Waals surface area contributed by atoms with Gasteiger partial charge in [0.15, 0.2) is 6.17 Å². The van der Waals surface area contributed by atoms with Crippen molar-refractivity contribution in [3.05, 3.63) is 68.2 Å². The molecule has 0 bridgehead atoms. The Bertz CT molecular complexity index is 996. The molecule has 2 heterocycles. The first kappa shape index (κ1) is 14.3. The van der Waals surface area contributed by atoms with Crippen LogP contribution in [0.2, 0.25) is 0 Å². The van der Waals surface area contributed by atoms with Crippen LogP contribution in [0.5, 0.6) is 0 Å². The van der Waals surface area contributed by atoms with Gasteiger partial charge in [-0.15, -0.1) is 0 Å². The molecule has 0 saturated heterocycles. The molecule has 2 aromatic rings. The normalized spacial score (nSPS) is 18.1. The summed E-state index contributed by atoms with van der Waals surface area (Å²) in [6, 6.07) is 10.0. The monoisotopic (exact) mass is 322 g/mol. The van der Waals surface area contributed by atoms with Crippen LogP contribution in [0.1, 0.15) is 17.3 Å². The average molecular weight is 322 g/mol. The van der Waals surface area contributed by atoms with Gasteiger partial charge in [0.2, 0.25) is 0 Å². The lowest BCUT2D eigenvalue weighted by atomic mass is 10.1. The Kier molecular flexibility index (Phi) is 3.07. The highest BCUT2D eigenvalue weighted by Gasteiger charge is 2.22. The molecule has 4 rings (SSSR count). The molecule has 2 aliphatic rings. The maximum absolute atomic E-state index is 10.7. The van der Waals surface area contributed by atoms with Crippen LogP contribution in [-0.2, 0) is 0 Å². The second-order valence-electron chi connectivity index (χ2n) is 5.68. The lowest BCUT2D eigenvalue weighted by Gasteiger charge is -2.18. The van der Waals surface area contributed by atoms with E-state index in [0.29, 0.717) is 6.54 Å². The minimum Gasteiger partial charge on any atom is -0.400 e. The number of nitrogens with zero attached hydrogens (tertiary/aromatic N) is 4. The number of hydrazine groups is 1. The fraction of sp³-hybridized carbons (Fsp3) is 0.125. The van der Waals surface area contributed by atoms with Gasteiger partial charge in [-0.05, 0) is 29.8 Å². The molecular formula is C16H14N6O2. The van der Waals surface area contributed by atoms with E-state index in [4.69, 9.17) is 11.6 Å². The Morgan fingerprint density at radius 3 is 2.67 bits per heavy atom. The van der Waals surface area contributed by atoms with Gasteiger partial charge < -0.3 is 10.7 Å². The third-order valence-corrected chi connectivity index (χ3v) is 4.18. The quantitative estimate of drug-likeness (QED) is 0.461. The fourth-order valence-corrected chi connectivity index (χ4v) is 2.99. The second kappa shape index (κ2) is 5.14. The van der Waals surface area contributed by atoms with Gasteiger partial charge in [-0.2, -0.15) is 0 Å². The number of hydrogen-bond donors (Lipinski definition) is 2. The van der Waals surface area contributed by atoms with E-state index in [-0.39, 0.29) is 5.69 Å². The molecule has 8 heteroatoms. The number of hydrogen-bond acceptors (Lipinski definition) is 7. The highest BCUT2D eigenvalue weighted by Crippen LogP contribution is 2.24. The van der Waals surface area contributed by atoms with Crippen LogP contribution >= 0.6 is 0 Å². The minimum absolute atomic E-state index is 0.0431. The second-order valence-corrected chi connectivity index (χ2v) is 5.68. The Labute approximate surface area is 136 Å². The van der Waals surface area contributed by atoms with E-state index in [1.165, 1.54) is 12.1 Å². The van der Waals surface area contributed by atoms with Crippen molar-refractivity contribution in [1.29, 1.82) is 0 Å². The van der Waals surface area contributed by atoms with Crippen LogP contribution in [0.15, 0.2) is 46.4 Å². The molecule has 1 atom stereocenters. The van der Waals surface area contributed by atoms with Crippen LogP contribution in [0.4, 0.5) is 11.4 Å². The van der Waals surface area contributed by atoms with E-state index in [1.807, 2.05) is 12.1 Å². The maximum Gasteiger partial charge on any atom is 0.269 e. The summed E-state index contributed by atoms with van der Waals surface area (Å²) in [7, 11) is 0. The summed E-state index contributed by atoms with van der Waals surface area (Å²) in [6.45, 7) is 0.478. The van der Waals surface area contributed by atoms with E-state index in [2.05, 4.69) is 9.98 Å². The number of nitrogens with two attached hydrogens (primary N) is 2. The number of aliphatic imine (C=N–C) groups is 1. The number of rotatable bonds is 2. The van der Waals surface area contributed by atoms with Crippen molar-refractivity contribution in [3.63, 3.8) is 0 Å². The largest absolute Gasteiger partial charge is 0.400 e. The SMILES string of the molecule is NC1=c2ccc3c(c2N(N)C1)C=NC(c1ccc([N+](=O)[O-])cc1)N=3. The molecule has 0 saturated carbocycles. The molecule has 0 aliphatic carbocycles. The predicted octanol–water partition coefficient (Wildman–Crippen LogP) is 0.106. The lowest BCUT2D eigenvalue weighted by molar-refractivity contribution is -0.384. The Hall–Kier alpha value is -3.26. The summed E-state index contributed by atoms with van der Waals surface area (Å²) in [5.41, 5.74) is 9.22. The molecule has 24 heavy (non-hydrogen) atoms. The van der Waals surface area contributed by atoms with Gasteiger partial charge in [0, 0.05) is 34.8 Å². The predicted molar refractivity (Wildman–Crippen MR) is 89.8 cm³/mol. The van der Waals surface area contributed by atoms with Crippen LogP contribution in [-0.4, -0.2) is 17.7 Å². The van der Waals surface area contributed by atoms with Crippen LogP contribution in [0, 0.1) is 10.1 Å². The highest BCUT2D eigenvalue weighted by molar-refractivity contribution is 5.90. The van der Waals surface area contributed by atoms with Crippen molar-refractivity contribution >= 4 is 23.3 Å². The molecule has 8 nitrogen and oxygen atoms in total. The van der Waals surface area contributed by atoms with Crippen molar-refractivity contribution in [2.45, 2.75) is 6.17 Å².